The van der Waals surface area contributed by atoms with Crippen LogP contribution in [0.2, 0.25) is 10.0 Å². The van der Waals surface area contributed by atoms with Gasteiger partial charge in [-0.2, -0.15) is 0 Å². The van der Waals surface area contributed by atoms with E-state index in [1.54, 1.807) is 6.07 Å². The van der Waals surface area contributed by atoms with Gasteiger partial charge >= 0.3 is 0 Å². The Morgan fingerprint density at radius 2 is 1.83 bits per heavy atom. The molecule has 1 aliphatic carbocycles. The van der Waals surface area contributed by atoms with Gasteiger partial charge in [-0.05, 0) is 37.8 Å². The van der Waals surface area contributed by atoms with Gasteiger partial charge in [-0.1, -0.05) is 35.7 Å². The van der Waals surface area contributed by atoms with E-state index in [0.717, 1.165) is 12.8 Å². The number of halogens is 2. The largest absolute Gasteiger partial charge is 0.243 e. The summed E-state index contributed by atoms with van der Waals surface area (Å²) in [5.41, 5.74) is 0. The molecule has 18 heavy (non-hydrogen) atoms. The van der Waals surface area contributed by atoms with E-state index in [1.165, 1.54) is 18.6 Å². The molecule has 100 valence electrons. The van der Waals surface area contributed by atoms with Gasteiger partial charge in [0.1, 0.15) is 4.90 Å². The molecule has 1 aromatic carbocycles. The quantitative estimate of drug-likeness (QED) is 0.926. The van der Waals surface area contributed by atoms with Crippen LogP contribution in [0.25, 0.3) is 0 Å². The van der Waals surface area contributed by atoms with Crippen molar-refractivity contribution < 1.29 is 8.42 Å². The molecule has 0 aliphatic heterocycles. The van der Waals surface area contributed by atoms with Crippen LogP contribution in [0, 0.1) is 5.92 Å². The first-order valence-electron chi connectivity index (χ1n) is 5.88. The van der Waals surface area contributed by atoms with E-state index >= 15 is 0 Å². The minimum absolute atomic E-state index is 0.0282. The van der Waals surface area contributed by atoms with E-state index < -0.39 is 10.0 Å². The number of hydrogen-bond donors (Lipinski definition) is 1. The van der Waals surface area contributed by atoms with E-state index in [1.807, 2.05) is 6.92 Å². The normalized spacial score (nSPS) is 18.4. The molecule has 0 heterocycles. The lowest BCUT2D eigenvalue weighted by Crippen LogP contribution is -2.40. The summed E-state index contributed by atoms with van der Waals surface area (Å²) < 4.78 is 27.2. The molecule has 1 atom stereocenters. The topological polar surface area (TPSA) is 46.2 Å². The van der Waals surface area contributed by atoms with Crippen LogP contribution in [0.5, 0.6) is 0 Å². The lowest BCUT2D eigenvalue weighted by Gasteiger charge is -2.31. The van der Waals surface area contributed by atoms with Gasteiger partial charge in [-0.15, -0.1) is 0 Å². The summed E-state index contributed by atoms with van der Waals surface area (Å²) in [4.78, 5) is -0.0282. The zero-order valence-electron chi connectivity index (χ0n) is 9.99. The Bertz CT molecular complexity index is 521. The predicted molar refractivity (Wildman–Crippen MR) is 73.6 cm³/mol. The Morgan fingerprint density at radius 1 is 1.28 bits per heavy atom. The number of rotatable bonds is 4. The Hall–Kier alpha value is -0.290. The summed E-state index contributed by atoms with van der Waals surface area (Å²) in [6, 6.07) is 4.58. The van der Waals surface area contributed by atoms with Crippen LogP contribution in [0.4, 0.5) is 0 Å². The van der Waals surface area contributed by atoms with Gasteiger partial charge in [0.2, 0.25) is 10.0 Å². The zero-order valence-corrected chi connectivity index (χ0v) is 12.3. The second-order valence-electron chi connectivity index (χ2n) is 4.65. The van der Waals surface area contributed by atoms with Crippen molar-refractivity contribution in [1.82, 2.24) is 4.72 Å². The molecule has 1 aromatic rings. The minimum Gasteiger partial charge on any atom is -0.208 e. The first kappa shape index (κ1) is 14.1. The fraction of sp³-hybridized carbons (Fsp3) is 0.500. The van der Waals surface area contributed by atoms with Crippen molar-refractivity contribution in [3.8, 4) is 0 Å². The Balaban J connectivity index is 2.25. The molecule has 0 aromatic heterocycles. The van der Waals surface area contributed by atoms with E-state index in [4.69, 9.17) is 23.2 Å². The first-order valence-corrected chi connectivity index (χ1v) is 8.12. The summed E-state index contributed by atoms with van der Waals surface area (Å²) in [7, 11) is -3.66. The first-order chi connectivity index (χ1) is 8.42. The van der Waals surface area contributed by atoms with Crippen LogP contribution < -0.4 is 4.72 Å². The van der Waals surface area contributed by atoms with Crippen LogP contribution in [0.15, 0.2) is 23.1 Å². The van der Waals surface area contributed by atoms with Gasteiger partial charge in [0.25, 0.3) is 0 Å². The molecule has 0 spiro atoms. The van der Waals surface area contributed by atoms with Crippen LogP contribution in [0.3, 0.4) is 0 Å². The van der Waals surface area contributed by atoms with Crippen LogP contribution >= 0.6 is 23.2 Å². The third-order valence-electron chi connectivity index (χ3n) is 3.39. The van der Waals surface area contributed by atoms with Crippen LogP contribution in [0.1, 0.15) is 26.2 Å². The zero-order chi connectivity index (χ0) is 13.3. The second kappa shape index (κ2) is 5.37. The van der Waals surface area contributed by atoms with Crippen molar-refractivity contribution in [2.45, 2.75) is 37.1 Å². The minimum atomic E-state index is -3.66. The summed E-state index contributed by atoms with van der Waals surface area (Å²) in [6.07, 6.45) is 3.31. The van der Waals surface area contributed by atoms with Gasteiger partial charge in [0, 0.05) is 6.04 Å². The molecule has 6 heteroatoms. The SMILES string of the molecule is C[C@H](NS(=O)(=O)c1c(Cl)cccc1Cl)C1CCC1. The van der Waals surface area contributed by atoms with Crippen molar-refractivity contribution in [2.75, 3.05) is 0 Å². The number of benzene rings is 1. The van der Waals surface area contributed by atoms with Crippen molar-refractivity contribution in [2.24, 2.45) is 5.92 Å². The third-order valence-corrected chi connectivity index (χ3v) is 5.90. The highest BCUT2D eigenvalue weighted by Crippen LogP contribution is 2.32. The predicted octanol–water partition coefficient (Wildman–Crippen LogP) is 3.46. The highest BCUT2D eigenvalue weighted by Gasteiger charge is 2.29. The molecule has 3 nitrogen and oxygen atoms in total. The highest BCUT2D eigenvalue weighted by atomic mass is 35.5. The maximum absolute atomic E-state index is 12.2. The molecule has 2 rings (SSSR count). The second-order valence-corrected chi connectivity index (χ2v) is 7.12. The highest BCUT2D eigenvalue weighted by molar-refractivity contribution is 7.89. The number of sulfonamides is 1. The molecule has 0 saturated heterocycles. The Labute approximate surface area is 118 Å². The maximum Gasteiger partial charge on any atom is 0.243 e. The lowest BCUT2D eigenvalue weighted by atomic mass is 9.81. The van der Waals surface area contributed by atoms with Gasteiger partial charge in [0.05, 0.1) is 10.0 Å². The van der Waals surface area contributed by atoms with Gasteiger partial charge in [-0.3, -0.25) is 0 Å². The molecule has 1 N–H and O–H groups in total. The van der Waals surface area contributed by atoms with Gasteiger partial charge in [0.15, 0.2) is 0 Å². The molecule has 1 aliphatic rings. The molecular formula is C12H15Cl2NO2S. The average Bonchev–Trinajstić information content (AvgIpc) is 2.11. The van der Waals surface area contributed by atoms with Crippen molar-refractivity contribution in [3.05, 3.63) is 28.2 Å². The molecule has 0 radical (unpaired) electrons. The average molecular weight is 308 g/mol. The molecule has 0 unspecified atom stereocenters. The van der Waals surface area contributed by atoms with Crippen molar-refractivity contribution >= 4 is 33.2 Å². The summed E-state index contributed by atoms with van der Waals surface area (Å²) in [5.74, 6) is 0.418. The van der Waals surface area contributed by atoms with Crippen LogP contribution in [-0.2, 0) is 10.0 Å². The van der Waals surface area contributed by atoms with Gasteiger partial charge in [-0.25, -0.2) is 13.1 Å². The van der Waals surface area contributed by atoms with Crippen molar-refractivity contribution in [1.29, 1.82) is 0 Å². The Kier molecular flexibility index (Phi) is 4.22. The number of nitrogens with one attached hydrogen (secondary N) is 1. The van der Waals surface area contributed by atoms with E-state index in [-0.39, 0.29) is 21.0 Å². The summed E-state index contributed by atoms with van der Waals surface area (Å²) >= 11 is 11.8. The van der Waals surface area contributed by atoms with Gasteiger partial charge < -0.3 is 0 Å². The fourth-order valence-electron chi connectivity index (χ4n) is 2.08. The Morgan fingerprint density at radius 3 is 2.28 bits per heavy atom. The smallest absolute Gasteiger partial charge is 0.208 e. The summed E-state index contributed by atoms with van der Waals surface area (Å²) in [5, 5.41) is 0.298. The summed E-state index contributed by atoms with van der Waals surface area (Å²) in [6.45, 7) is 1.88. The van der Waals surface area contributed by atoms with Crippen LogP contribution in [-0.4, -0.2) is 14.5 Å². The number of hydrogen-bond acceptors (Lipinski definition) is 2. The molecular weight excluding hydrogens is 293 g/mol. The lowest BCUT2D eigenvalue weighted by molar-refractivity contribution is 0.260. The van der Waals surface area contributed by atoms with E-state index in [9.17, 15) is 8.42 Å². The third kappa shape index (κ3) is 2.82. The molecule has 0 bridgehead atoms. The monoisotopic (exact) mass is 307 g/mol. The standard InChI is InChI=1S/C12H15Cl2NO2S/c1-8(9-4-2-5-9)15-18(16,17)12-10(13)6-3-7-11(12)14/h3,6-9,15H,2,4-5H2,1H3/t8-/m0/s1. The fourth-order valence-corrected chi connectivity index (χ4v) is 4.54. The maximum atomic E-state index is 12.2. The van der Waals surface area contributed by atoms with Crippen molar-refractivity contribution in [3.63, 3.8) is 0 Å². The molecule has 1 fully saturated rings. The van der Waals surface area contributed by atoms with E-state index in [2.05, 4.69) is 4.72 Å². The molecule has 0 amide bonds. The van der Waals surface area contributed by atoms with E-state index in [0.29, 0.717) is 5.92 Å². The molecule has 1 saturated carbocycles.